The third-order valence-electron chi connectivity index (χ3n) is 3.74. The van der Waals surface area contributed by atoms with Gasteiger partial charge in [0.25, 0.3) is 0 Å². The number of nitrogens with one attached hydrogen (secondary N) is 1. The molecule has 1 saturated heterocycles. The van der Waals surface area contributed by atoms with E-state index >= 15 is 0 Å². The summed E-state index contributed by atoms with van der Waals surface area (Å²) in [6.45, 7) is 9.30. The number of amides is 1. The van der Waals surface area contributed by atoms with E-state index in [2.05, 4.69) is 24.1 Å². The van der Waals surface area contributed by atoms with Gasteiger partial charge in [-0.3, -0.25) is 9.69 Å². The molecule has 0 aromatic rings. The number of aliphatic hydroxyl groups is 1. The predicted octanol–water partition coefficient (Wildman–Crippen LogP) is 1.14. The number of carbonyl (C=O) groups excluding carboxylic acids is 1. The quantitative estimate of drug-likeness (QED) is 0.760. The molecule has 2 atom stereocenters. The fourth-order valence-electron chi connectivity index (χ4n) is 2.29. The van der Waals surface area contributed by atoms with E-state index in [9.17, 15) is 9.90 Å². The van der Waals surface area contributed by atoms with Gasteiger partial charge in [-0.2, -0.15) is 0 Å². The van der Waals surface area contributed by atoms with Crippen molar-refractivity contribution in [2.75, 3.05) is 13.1 Å². The Balaban J connectivity index is 2.47. The van der Waals surface area contributed by atoms with Gasteiger partial charge in [0.1, 0.15) is 0 Å². The highest BCUT2D eigenvalue weighted by atomic mass is 16.3. The van der Waals surface area contributed by atoms with Crippen LogP contribution in [0.3, 0.4) is 0 Å². The maximum Gasteiger partial charge on any atom is 0.237 e. The Morgan fingerprint density at radius 2 is 2.06 bits per heavy atom. The molecule has 4 nitrogen and oxygen atoms in total. The lowest BCUT2D eigenvalue weighted by molar-refractivity contribution is -0.126. The smallest absolute Gasteiger partial charge is 0.237 e. The molecule has 2 N–H and O–H groups in total. The molecule has 0 radical (unpaired) electrons. The minimum atomic E-state index is -0.635. The van der Waals surface area contributed by atoms with Crippen molar-refractivity contribution in [3.05, 3.63) is 0 Å². The summed E-state index contributed by atoms with van der Waals surface area (Å²) in [6, 6.07) is 0.123. The normalized spacial score (nSPS) is 27.4. The minimum Gasteiger partial charge on any atom is -0.389 e. The molecule has 2 unspecified atom stereocenters. The van der Waals surface area contributed by atoms with Crippen molar-refractivity contribution in [1.29, 1.82) is 0 Å². The van der Waals surface area contributed by atoms with Crippen molar-refractivity contribution >= 4 is 5.91 Å². The fourth-order valence-corrected chi connectivity index (χ4v) is 2.29. The van der Waals surface area contributed by atoms with E-state index in [1.807, 2.05) is 13.8 Å². The number of hydrogen-bond donors (Lipinski definition) is 2. The van der Waals surface area contributed by atoms with Gasteiger partial charge in [-0.1, -0.05) is 13.8 Å². The molecule has 1 rings (SSSR count). The van der Waals surface area contributed by atoms with Crippen molar-refractivity contribution < 1.29 is 9.90 Å². The molecule has 1 fully saturated rings. The van der Waals surface area contributed by atoms with Crippen LogP contribution in [0.5, 0.6) is 0 Å². The van der Waals surface area contributed by atoms with E-state index in [1.165, 1.54) is 0 Å². The van der Waals surface area contributed by atoms with Gasteiger partial charge in [-0.05, 0) is 33.1 Å². The Morgan fingerprint density at radius 3 is 2.47 bits per heavy atom. The molecule has 1 amide bonds. The van der Waals surface area contributed by atoms with Crippen LogP contribution in [0.4, 0.5) is 0 Å². The van der Waals surface area contributed by atoms with Gasteiger partial charge in [0.15, 0.2) is 0 Å². The van der Waals surface area contributed by atoms with Crippen LogP contribution in [0.15, 0.2) is 0 Å². The first-order valence-electron chi connectivity index (χ1n) is 6.66. The summed E-state index contributed by atoms with van der Waals surface area (Å²) >= 11 is 0. The van der Waals surface area contributed by atoms with E-state index in [-0.39, 0.29) is 18.0 Å². The fraction of sp³-hybridized carbons (Fsp3) is 0.923. The number of rotatable bonds is 5. The molecule has 1 aliphatic rings. The second-order valence-corrected chi connectivity index (χ2v) is 5.42. The molecular weight excluding hydrogens is 216 g/mol. The lowest BCUT2D eigenvalue weighted by Crippen LogP contribution is -2.48. The third kappa shape index (κ3) is 3.96. The second kappa shape index (κ2) is 5.83. The Bertz CT molecular complexity index is 262. The average Bonchev–Trinajstić information content (AvgIpc) is 2.65. The Kier molecular flexibility index (Phi) is 4.95. The molecular formula is C13H26N2O2. The van der Waals surface area contributed by atoms with Crippen LogP contribution in [-0.2, 0) is 4.79 Å². The van der Waals surface area contributed by atoms with Crippen LogP contribution in [0, 0.1) is 0 Å². The Morgan fingerprint density at radius 1 is 1.47 bits per heavy atom. The maximum absolute atomic E-state index is 12.0. The van der Waals surface area contributed by atoms with Gasteiger partial charge in [0.05, 0.1) is 11.6 Å². The molecule has 1 heterocycles. The topological polar surface area (TPSA) is 52.6 Å². The van der Waals surface area contributed by atoms with Crippen LogP contribution in [0.25, 0.3) is 0 Å². The van der Waals surface area contributed by atoms with Crippen LogP contribution in [-0.4, -0.2) is 46.7 Å². The molecule has 0 spiro atoms. The monoisotopic (exact) mass is 242 g/mol. The SMILES string of the molecule is CCC(CC)NC(=O)C(C)N1CCC(C)(O)C1. The zero-order valence-corrected chi connectivity index (χ0v) is 11.5. The zero-order valence-electron chi connectivity index (χ0n) is 11.5. The summed E-state index contributed by atoms with van der Waals surface area (Å²) in [7, 11) is 0. The lowest BCUT2D eigenvalue weighted by Gasteiger charge is -2.26. The molecule has 0 saturated carbocycles. The molecule has 100 valence electrons. The lowest BCUT2D eigenvalue weighted by atomic mass is 10.1. The summed E-state index contributed by atoms with van der Waals surface area (Å²) in [5, 5.41) is 13.0. The van der Waals surface area contributed by atoms with Crippen LogP contribution in [0.2, 0.25) is 0 Å². The standard InChI is InChI=1S/C13H26N2O2/c1-5-11(6-2)14-12(16)10(3)15-8-7-13(4,17)9-15/h10-11,17H,5-9H2,1-4H3,(H,14,16). The Labute approximate surface area is 104 Å². The highest BCUT2D eigenvalue weighted by molar-refractivity contribution is 5.81. The van der Waals surface area contributed by atoms with Crippen molar-refractivity contribution in [3.63, 3.8) is 0 Å². The summed E-state index contributed by atoms with van der Waals surface area (Å²) < 4.78 is 0. The molecule has 0 bridgehead atoms. The average molecular weight is 242 g/mol. The second-order valence-electron chi connectivity index (χ2n) is 5.42. The van der Waals surface area contributed by atoms with Crippen molar-refractivity contribution in [2.24, 2.45) is 0 Å². The van der Waals surface area contributed by atoms with E-state index in [0.717, 1.165) is 25.8 Å². The number of hydrogen-bond acceptors (Lipinski definition) is 3. The number of nitrogens with zero attached hydrogens (tertiary/aromatic N) is 1. The van der Waals surface area contributed by atoms with Crippen molar-refractivity contribution in [3.8, 4) is 0 Å². The summed E-state index contributed by atoms with van der Waals surface area (Å²) in [5.41, 5.74) is -0.635. The van der Waals surface area contributed by atoms with E-state index in [4.69, 9.17) is 0 Å². The van der Waals surface area contributed by atoms with Crippen LogP contribution in [0.1, 0.15) is 47.0 Å². The molecule has 1 aliphatic heterocycles. The summed E-state index contributed by atoms with van der Waals surface area (Å²) in [4.78, 5) is 14.1. The molecule has 17 heavy (non-hydrogen) atoms. The number of carbonyl (C=O) groups is 1. The van der Waals surface area contributed by atoms with E-state index < -0.39 is 5.60 Å². The predicted molar refractivity (Wildman–Crippen MR) is 68.8 cm³/mol. The zero-order chi connectivity index (χ0) is 13.1. The van der Waals surface area contributed by atoms with Gasteiger partial charge in [0, 0.05) is 19.1 Å². The number of β-amino-alcohol motifs (C(OH)–C–C–N with tert-alkyl or cyclic N) is 1. The van der Waals surface area contributed by atoms with Gasteiger partial charge < -0.3 is 10.4 Å². The maximum atomic E-state index is 12.0. The molecule has 0 aromatic heterocycles. The first-order chi connectivity index (χ1) is 7.89. The van der Waals surface area contributed by atoms with Crippen LogP contribution < -0.4 is 5.32 Å². The van der Waals surface area contributed by atoms with Gasteiger partial charge in [-0.25, -0.2) is 0 Å². The highest BCUT2D eigenvalue weighted by Gasteiger charge is 2.35. The first kappa shape index (κ1) is 14.5. The highest BCUT2D eigenvalue weighted by Crippen LogP contribution is 2.22. The number of likely N-dealkylation sites (tertiary alicyclic amines) is 1. The minimum absolute atomic E-state index is 0.0800. The van der Waals surface area contributed by atoms with Gasteiger partial charge in [-0.15, -0.1) is 0 Å². The van der Waals surface area contributed by atoms with Gasteiger partial charge in [0.2, 0.25) is 5.91 Å². The molecule has 4 heteroatoms. The van der Waals surface area contributed by atoms with Crippen molar-refractivity contribution in [2.45, 2.75) is 64.6 Å². The first-order valence-corrected chi connectivity index (χ1v) is 6.66. The third-order valence-corrected chi connectivity index (χ3v) is 3.74. The Hall–Kier alpha value is -0.610. The van der Waals surface area contributed by atoms with Gasteiger partial charge >= 0.3 is 0 Å². The largest absolute Gasteiger partial charge is 0.389 e. The van der Waals surface area contributed by atoms with E-state index in [1.54, 1.807) is 0 Å². The van der Waals surface area contributed by atoms with Crippen molar-refractivity contribution in [1.82, 2.24) is 10.2 Å². The summed E-state index contributed by atoms with van der Waals surface area (Å²) in [5.74, 6) is 0.0800. The van der Waals surface area contributed by atoms with E-state index in [0.29, 0.717) is 6.54 Å². The molecule has 0 aliphatic carbocycles. The summed E-state index contributed by atoms with van der Waals surface area (Å²) in [6.07, 6.45) is 2.68. The van der Waals surface area contributed by atoms with Crippen LogP contribution >= 0.6 is 0 Å². The molecule has 0 aromatic carbocycles.